The average Bonchev–Trinajstić information content (AvgIpc) is 3.46. The first-order valence-corrected chi connectivity index (χ1v) is 9.04. The topological polar surface area (TPSA) is 102 Å². The van der Waals surface area contributed by atoms with Gasteiger partial charge in [-0.25, -0.2) is 4.79 Å². The monoisotopic (exact) mass is 361 g/mol. The molecule has 1 heterocycles. The Kier molecular flexibility index (Phi) is 5.70. The third-order valence-electron chi connectivity index (χ3n) is 4.65. The van der Waals surface area contributed by atoms with Crippen LogP contribution in [0.25, 0.3) is 0 Å². The molecule has 0 unspecified atom stereocenters. The van der Waals surface area contributed by atoms with Crippen molar-refractivity contribution in [2.75, 3.05) is 25.0 Å². The second kappa shape index (κ2) is 8.16. The Morgan fingerprint density at radius 3 is 2.50 bits per heavy atom. The number of hydrogen-bond acceptors (Lipinski definition) is 6. The fourth-order valence-corrected chi connectivity index (χ4v) is 3.00. The van der Waals surface area contributed by atoms with Crippen LogP contribution in [0.2, 0.25) is 0 Å². The van der Waals surface area contributed by atoms with Crippen molar-refractivity contribution < 1.29 is 19.2 Å². The van der Waals surface area contributed by atoms with E-state index in [0.29, 0.717) is 18.8 Å². The molecule has 1 N–H and O–H groups in total. The molecule has 1 aromatic rings. The summed E-state index contributed by atoms with van der Waals surface area (Å²) in [5.41, 5.74) is 0.307. The molecule has 1 saturated carbocycles. The van der Waals surface area contributed by atoms with E-state index in [0.717, 1.165) is 38.5 Å². The minimum Gasteiger partial charge on any atom is -0.452 e. The van der Waals surface area contributed by atoms with Gasteiger partial charge in [0.05, 0.1) is 10.5 Å². The zero-order chi connectivity index (χ0) is 18.5. The SMILES string of the molecule is O=C(OCC(=O)N1CCCCCC1)c1ccc(NC2CC2)c([N+](=O)[O-])c1. The highest BCUT2D eigenvalue weighted by Gasteiger charge is 2.26. The Labute approximate surface area is 151 Å². The number of nitrogens with zero attached hydrogens (tertiary/aromatic N) is 2. The maximum Gasteiger partial charge on any atom is 0.338 e. The lowest BCUT2D eigenvalue weighted by molar-refractivity contribution is -0.384. The predicted molar refractivity (Wildman–Crippen MR) is 95.1 cm³/mol. The lowest BCUT2D eigenvalue weighted by Gasteiger charge is -2.19. The van der Waals surface area contributed by atoms with E-state index in [1.807, 2.05) is 0 Å². The summed E-state index contributed by atoms with van der Waals surface area (Å²) in [4.78, 5) is 36.8. The highest BCUT2D eigenvalue weighted by atomic mass is 16.6. The molecule has 0 bridgehead atoms. The summed E-state index contributed by atoms with van der Waals surface area (Å²) in [7, 11) is 0. The molecule has 1 aliphatic carbocycles. The van der Waals surface area contributed by atoms with Crippen LogP contribution in [0.4, 0.5) is 11.4 Å². The van der Waals surface area contributed by atoms with Gasteiger partial charge < -0.3 is 15.0 Å². The summed E-state index contributed by atoms with van der Waals surface area (Å²) in [6.07, 6.45) is 6.10. The molecule has 0 radical (unpaired) electrons. The number of nitrogens with one attached hydrogen (secondary N) is 1. The van der Waals surface area contributed by atoms with Crippen LogP contribution in [0, 0.1) is 10.1 Å². The number of hydrogen-bond donors (Lipinski definition) is 1. The van der Waals surface area contributed by atoms with E-state index in [4.69, 9.17) is 4.74 Å². The van der Waals surface area contributed by atoms with Gasteiger partial charge in [0, 0.05) is 25.2 Å². The summed E-state index contributed by atoms with van der Waals surface area (Å²) < 4.78 is 5.08. The molecule has 1 aromatic carbocycles. The quantitative estimate of drug-likeness (QED) is 0.475. The number of amides is 1. The van der Waals surface area contributed by atoms with Crippen LogP contribution in [0.5, 0.6) is 0 Å². The fraction of sp³-hybridized carbons (Fsp3) is 0.556. The van der Waals surface area contributed by atoms with Crippen LogP contribution in [0.3, 0.4) is 0 Å². The number of anilines is 1. The minimum absolute atomic E-state index is 0.0710. The van der Waals surface area contributed by atoms with Gasteiger partial charge in [-0.15, -0.1) is 0 Å². The minimum atomic E-state index is -0.728. The van der Waals surface area contributed by atoms with Gasteiger partial charge in [0.25, 0.3) is 11.6 Å². The molecule has 0 spiro atoms. The van der Waals surface area contributed by atoms with Gasteiger partial charge in [0.2, 0.25) is 0 Å². The summed E-state index contributed by atoms with van der Waals surface area (Å²) >= 11 is 0. The zero-order valence-electron chi connectivity index (χ0n) is 14.6. The van der Waals surface area contributed by atoms with Gasteiger partial charge >= 0.3 is 5.97 Å². The van der Waals surface area contributed by atoms with Crippen LogP contribution in [0.1, 0.15) is 48.9 Å². The van der Waals surface area contributed by atoms with Crippen molar-refractivity contribution in [1.29, 1.82) is 0 Å². The van der Waals surface area contributed by atoms with Gasteiger partial charge in [0.15, 0.2) is 6.61 Å². The molecule has 1 aliphatic heterocycles. The van der Waals surface area contributed by atoms with Crippen LogP contribution in [-0.2, 0) is 9.53 Å². The molecular weight excluding hydrogens is 338 g/mol. The van der Waals surface area contributed by atoms with Gasteiger partial charge in [-0.3, -0.25) is 14.9 Å². The molecule has 0 atom stereocenters. The standard InChI is InChI=1S/C18H23N3O5/c22-17(20-9-3-1-2-4-10-20)12-26-18(23)13-5-8-15(19-14-6-7-14)16(11-13)21(24)25/h5,8,11,14,19H,1-4,6-7,9-10,12H2. The number of benzene rings is 1. The van der Waals surface area contributed by atoms with Gasteiger partial charge in [-0.05, 0) is 37.8 Å². The molecular formula is C18H23N3O5. The van der Waals surface area contributed by atoms with Gasteiger partial charge in [-0.2, -0.15) is 0 Å². The molecule has 26 heavy (non-hydrogen) atoms. The first-order chi connectivity index (χ1) is 12.5. The summed E-state index contributed by atoms with van der Waals surface area (Å²) in [6, 6.07) is 4.46. The second-order valence-corrected chi connectivity index (χ2v) is 6.78. The Balaban J connectivity index is 1.60. The molecule has 8 heteroatoms. The zero-order valence-corrected chi connectivity index (χ0v) is 14.6. The van der Waals surface area contributed by atoms with Crippen molar-refractivity contribution in [3.63, 3.8) is 0 Å². The smallest absolute Gasteiger partial charge is 0.338 e. The Bertz CT molecular complexity index is 694. The number of nitro benzene ring substituents is 1. The number of esters is 1. The molecule has 140 valence electrons. The highest BCUT2D eigenvalue weighted by Crippen LogP contribution is 2.31. The fourth-order valence-electron chi connectivity index (χ4n) is 3.00. The lowest BCUT2D eigenvalue weighted by atomic mass is 10.1. The van der Waals surface area contributed by atoms with E-state index in [2.05, 4.69) is 5.32 Å². The van der Waals surface area contributed by atoms with Crippen molar-refractivity contribution in [1.82, 2.24) is 4.90 Å². The molecule has 1 saturated heterocycles. The van der Waals surface area contributed by atoms with Crippen molar-refractivity contribution in [3.8, 4) is 0 Å². The van der Waals surface area contributed by atoms with E-state index in [-0.39, 0.29) is 29.8 Å². The molecule has 0 aromatic heterocycles. The van der Waals surface area contributed by atoms with Crippen LogP contribution < -0.4 is 5.32 Å². The summed E-state index contributed by atoms with van der Waals surface area (Å²) in [6.45, 7) is 1.03. The maximum atomic E-state index is 12.2. The number of carbonyl (C=O) groups is 2. The molecule has 2 fully saturated rings. The van der Waals surface area contributed by atoms with Gasteiger partial charge in [-0.1, -0.05) is 12.8 Å². The Morgan fingerprint density at radius 1 is 1.19 bits per heavy atom. The third-order valence-corrected chi connectivity index (χ3v) is 4.65. The second-order valence-electron chi connectivity index (χ2n) is 6.78. The summed E-state index contributed by atoms with van der Waals surface area (Å²) in [5.74, 6) is -0.948. The number of carbonyl (C=O) groups excluding carboxylic acids is 2. The number of nitro groups is 1. The normalized spacial score (nSPS) is 17.3. The molecule has 2 aliphatic rings. The van der Waals surface area contributed by atoms with Crippen molar-refractivity contribution >= 4 is 23.3 Å². The number of likely N-dealkylation sites (tertiary alicyclic amines) is 1. The van der Waals surface area contributed by atoms with E-state index in [1.165, 1.54) is 18.2 Å². The molecule has 1 amide bonds. The van der Waals surface area contributed by atoms with Crippen LogP contribution >= 0.6 is 0 Å². The Morgan fingerprint density at radius 2 is 1.88 bits per heavy atom. The average molecular weight is 361 g/mol. The van der Waals surface area contributed by atoms with Gasteiger partial charge in [0.1, 0.15) is 5.69 Å². The van der Waals surface area contributed by atoms with Crippen LogP contribution in [-0.4, -0.2) is 47.4 Å². The van der Waals surface area contributed by atoms with E-state index in [1.54, 1.807) is 4.90 Å². The molecule has 8 nitrogen and oxygen atoms in total. The molecule has 3 rings (SSSR count). The van der Waals surface area contributed by atoms with Crippen molar-refractivity contribution in [2.45, 2.75) is 44.6 Å². The maximum absolute atomic E-state index is 12.2. The van der Waals surface area contributed by atoms with E-state index >= 15 is 0 Å². The first-order valence-electron chi connectivity index (χ1n) is 9.04. The number of rotatable bonds is 6. The highest BCUT2D eigenvalue weighted by molar-refractivity contribution is 5.93. The lowest BCUT2D eigenvalue weighted by Crippen LogP contribution is -2.35. The first kappa shape index (κ1) is 18.2. The largest absolute Gasteiger partial charge is 0.452 e. The van der Waals surface area contributed by atoms with E-state index in [9.17, 15) is 19.7 Å². The van der Waals surface area contributed by atoms with E-state index < -0.39 is 10.9 Å². The Hall–Kier alpha value is -2.64. The number of ether oxygens (including phenoxy) is 1. The van der Waals surface area contributed by atoms with Crippen molar-refractivity contribution in [3.05, 3.63) is 33.9 Å². The predicted octanol–water partition coefficient (Wildman–Crippen LogP) is 2.73. The van der Waals surface area contributed by atoms with Crippen LogP contribution in [0.15, 0.2) is 18.2 Å². The summed E-state index contributed by atoms with van der Waals surface area (Å²) in [5, 5.41) is 14.3. The third kappa shape index (κ3) is 4.71. The van der Waals surface area contributed by atoms with Crippen molar-refractivity contribution in [2.24, 2.45) is 0 Å².